The van der Waals surface area contributed by atoms with Crippen LogP contribution < -0.4 is 14.2 Å². The summed E-state index contributed by atoms with van der Waals surface area (Å²) in [5, 5.41) is 2.06. The van der Waals surface area contributed by atoms with Crippen molar-refractivity contribution in [3.63, 3.8) is 0 Å². The molecule has 0 N–H and O–H groups in total. The summed E-state index contributed by atoms with van der Waals surface area (Å²) in [7, 11) is 1.57. The standard InChI is InChI=1S/C27H28N2O6S/c1-32-13-12-28(27(31)19-7-8-23-24(15-19)35-18-34-23)16-26(30)29-11-9-25-21(10-14-36-25)22(29)17-33-20-5-3-2-4-6-20/h2-8,10,14-15,22H,9,11-13,16-18H2,1H3/t22-/m0/s1. The summed E-state index contributed by atoms with van der Waals surface area (Å²) in [6.07, 6.45) is 0.786. The number of amides is 2. The maximum absolute atomic E-state index is 13.6. The number of carbonyl (C=O) groups excluding carboxylic acids is 2. The van der Waals surface area contributed by atoms with E-state index in [0.29, 0.717) is 36.8 Å². The molecule has 0 bridgehead atoms. The minimum Gasteiger partial charge on any atom is -0.491 e. The van der Waals surface area contributed by atoms with Gasteiger partial charge in [0.15, 0.2) is 11.5 Å². The van der Waals surface area contributed by atoms with Gasteiger partial charge in [0, 0.05) is 30.6 Å². The van der Waals surface area contributed by atoms with Crippen molar-refractivity contribution >= 4 is 23.2 Å². The molecular formula is C27H28N2O6S. The maximum atomic E-state index is 13.6. The molecule has 0 saturated carbocycles. The van der Waals surface area contributed by atoms with Crippen molar-refractivity contribution < 1.29 is 28.5 Å². The molecule has 9 heteroatoms. The molecule has 36 heavy (non-hydrogen) atoms. The van der Waals surface area contributed by atoms with Crippen LogP contribution in [-0.2, 0) is 16.0 Å². The zero-order chi connectivity index (χ0) is 24.9. The Bertz CT molecular complexity index is 1210. The molecule has 0 fully saturated rings. The lowest BCUT2D eigenvalue weighted by atomic mass is 10.0. The maximum Gasteiger partial charge on any atom is 0.254 e. The fourth-order valence-corrected chi connectivity index (χ4v) is 5.41. The van der Waals surface area contributed by atoms with Crippen LogP contribution in [0.1, 0.15) is 26.8 Å². The number of nitrogens with zero attached hydrogens (tertiary/aromatic N) is 2. The molecule has 0 radical (unpaired) electrons. The number of rotatable bonds is 9. The van der Waals surface area contributed by atoms with Gasteiger partial charge in [0.2, 0.25) is 12.7 Å². The average Bonchev–Trinajstić information content (AvgIpc) is 3.59. The van der Waals surface area contributed by atoms with E-state index >= 15 is 0 Å². The fourth-order valence-electron chi connectivity index (χ4n) is 4.49. The number of benzene rings is 2. The Morgan fingerprint density at radius 1 is 1.11 bits per heavy atom. The van der Waals surface area contributed by atoms with Crippen molar-refractivity contribution in [2.75, 3.05) is 46.8 Å². The van der Waals surface area contributed by atoms with Crippen LogP contribution in [0.2, 0.25) is 0 Å². The van der Waals surface area contributed by atoms with Crippen molar-refractivity contribution in [1.82, 2.24) is 9.80 Å². The highest BCUT2D eigenvalue weighted by molar-refractivity contribution is 7.10. The van der Waals surface area contributed by atoms with Gasteiger partial charge in [0.05, 0.1) is 12.6 Å². The number of methoxy groups -OCH3 is 1. The van der Waals surface area contributed by atoms with E-state index in [1.165, 1.54) is 9.78 Å². The van der Waals surface area contributed by atoms with Gasteiger partial charge in [-0.1, -0.05) is 18.2 Å². The molecule has 0 aliphatic carbocycles. The summed E-state index contributed by atoms with van der Waals surface area (Å²) in [4.78, 5) is 31.7. The van der Waals surface area contributed by atoms with E-state index in [-0.39, 0.29) is 37.7 Å². The molecule has 0 spiro atoms. The van der Waals surface area contributed by atoms with Crippen molar-refractivity contribution in [3.05, 3.63) is 76.0 Å². The fraction of sp³-hybridized carbons (Fsp3) is 0.333. The Kier molecular flexibility index (Phi) is 7.39. The lowest BCUT2D eigenvalue weighted by Gasteiger charge is -2.37. The molecule has 2 amide bonds. The third-order valence-corrected chi connectivity index (χ3v) is 7.36. The molecular weight excluding hydrogens is 480 g/mol. The van der Waals surface area contributed by atoms with Gasteiger partial charge in [-0.25, -0.2) is 0 Å². The van der Waals surface area contributed by atoms with Crippen molar-refractivity contribution in [2.24, 2.45) is 0 Å². The smallest absolute Gasteiger partial charge is 0.254 e. The van der Waals surface area contributed by atoms with Gasteiger partial charge < -0.3 is 28.7 Å². The van der Waals surface area contributed by atoms with E-state index in [1.807, 2.05) is 35.2 Å². The molecule has 0 saturated heterocycles. The van der Waals surface area contributed by atoms with E-state index in [4.69, 9.17) is 18.9 Å². The van der Waals surface area contributed by atoms with Crippen LogP contribution >= 0.6 is 11.3 Å². The van der Waals surface area contributed by atoms with E-state index < -0.39 is 0 Å². The molecule has 1 atom stereocenters. The van der Waals surface area contributed by atoms with Crippen LogP contribution in [0, 0.1) is 0 Å². The monoisotopic (exact) mass is 508 g/mol. The summed E-state index contributed by atoms with van der Waals surface area (Å²) in [5.41, 5.74) is 1.55. The molecule has 5 rings (SSSR count). The predicted molar refractivity (Wildman–Crippen MR) is 135 cm³/mol. The lowest BCUT2D eigenvalue weighted by Crippen LogP contribution is -2.48. The Labute approximate surface area is 213 Å². The highest BCUT2D eigenvalue weighted by Gasteiger charge is 2.34. The van der Waals surface area contributed by atoms with Gasteiger partial charge in [-0.3, -0.25) is 9.59 Å². The summed E-state index contributed by atoms with van der Waals surface area (Å²) in [6.45, 7) is 1.60. The number of hydrogen-bond acceptors (Lipinski definition) is 7. The largest absolute Gasteiger partial charge is 0.491 e. The Morgan fingerprint density at radius 3 is 2.78 bits per heavy atom. The normalized spacial score (nSPS) is 15.9. The van der Waals surface area contributed by atoms with Gasteiger partial charge in [-0.2, -0.15) is 0 Å². The Balaban J connectivity index is 1.33. The van der Waals surface area contributed by atoms with Crippen LogP contribution in [0.5, 0.6) is 17.2 Å². The number of thiophene rings is 1. The predicted octanol–water partition coefficient (Wildman–Crippen LogP) is 3.77. The van der Waals surface area contributed by atoms with Crippen LogP contribution in [0.3, 0.4) is 0 Å². The van der Waals surface area contributed by atoms with Gasteiger partial charge in [-0.15, -0.1) is 11.3 Å². The minimum atomic E-state index is -0.260. The summed E-state index contributed by atoms with van der Waals surface area (Å²) in [5.74, 6) is 1.50. The summed E-state index contributed by atoms with van der Waals surface area (Å²) >= 11 is 1.70. The SMILES string of the molecule is COCCN(CC(=O)N1CCc2sccc2[C@@H]1COc1ccccc1)C(=O)c1ccc2c(c1)OCO2. The first-order valence-corrected chi connectivity index (χ1v) is 12.7. The first-order chi connectivity index (χ1) is 17.6. The van der Waals surface area contributed by atoms with Gasteiger partial charge >= 0.3 is 0 Å². The third-order valence-electron chi connectivity index (χ3n) is 6.36. The summed E-state index contributed by atoms with van der Waals surface area (Å²) in [6, 6.07) is 16.5. The topological polar surface area (TPSA) is 77.5 Å². The molecule has 0 unspecified atom stereocenters. The average molecular weight is 509 g/mol. The second-order valence-corrected chi connectivity index (χ2v) is 9.56. The first kappa shape index (κ1) is 24.1. The second-order valence-electron chi connectivity index (χ2n) is 8.56. The van der Waals surface area contributed by atoms with Gasteiger partial charge in [0.25, 0.3) is 5.91 Å². The molecule has 1 aromatic heterocycles. The van der Waals surface area contributed by atoms with Crippen molar-refractivity contribution in [2.45, 2.75) is 12.5 Å². The highest BCUT2D eigenvalue weighted by atomic mass is 32.1. The van der Waals surface area contributed by atoms with Crippen molar-refractivity contribution in [1.29, 1.82) is 0 Å². The van der Waals surface area contributed by atoms with E-state index in [1.54, 1.807) is 36.6 Å². The molecule has 8 nitrogen and oxygen atoms in total. The van der Waals surface area contributed by atoms with E-state index in [9.17, 15) is 9.59 Å². The van der Waals surface area contributed by atoms with E-state index in [2.05, 4.69) is 11.4 Å². The first-order valence-electron chi connectivity index (χ1n) is 11.9. The number of hydrogen-bond donors (Lipinski definition) is 0. The molecule has 3 heterocycles. The number of fused-ring (bicyclic) bond motifs is 2. The number of carbonyl (C=O) groups is 2. The zero-order valence-corrected chi connectivity index (χ0v) is 20.9. The van der Waals surface area contributed by atoms with Crippen LogP contribution in [0.25, 0.3) is 0 Å². The number of ether oxygens (including phenoxy) is 4. The Hall–Kier alpha value is -3.56. The number of para-hydroxylation sites is 1. The molecule has 3 aromatic rings. The lowest BCUT2D eigenvalue weighted by molar-refractivity contribution is -0.135. The quantitative estimate of drug-likeness (QED) is 0.438. The van der Waals surface area contributed by atoms with E-state index in [0.717, 1.165) is 17.7 Å². The Morgan fingerprint density at radius 2 is 1.94 bits per heavy atom. The minimum absolute atomic E-state index is 0.0576. The van der Waals surface area contributed by atoms with Crippen LogP contribution in [0.15, 0.2) is 60.0 Å². The second kappa shape index (κ2) is 11.0. The third kappa shape index (κ3) is 5.17. The molecule has 2 aliphatic rings. The van der Waals surface area contributed by atoms with Gasteiger partial charge in [0.1, 0.15) is 18.9 Å². The molecule has 188 valence electrons. The van der Waals surface area contributed by atoms with Crippen molar-refractivity contribution in [3.8, 4) is 17.2 Å². The highest BCUT2D eigenvalue weighted by Crippen LogP contribution is 2.35. The van der Waals surface area contributed by atoms with Crippen LogP contribution in [0.4, 0.5) is 0 Å². The molecule has 2 aromatic carbocycles. The summed E-state index contributed by atoms with van der Waals surface area (Å²) < 4.78 is 22.1. The zero-order valence-electron chi connectivity index (χ0n) is 20.1. The molecule has 2 aliphatic heterocycles. The van der Waals surface area contributed by atoms with Crippen LogP contribution in [-0.4, -0.2) is 68.4 Å². The van der Waals surface area contributed by atoms with Gasteiger partial charge in [-0.05, 0) is 53.8 Å².